The molecule has 0 spiro atoms. The maximum Gasteiger partial charge on any atom is 0.288 e. The Kier molecular flexibility index (Phi) is 5.62. The molecular weight excluding hydrogens is 308 g/mol. The van der Waals surface area contributed by atoms with E-state index in [4.69, 9.17) is 4.43 Å². The van der Waals surface area contributed by atoms with Crippen molar-refractivity contribution in [1.82, 2.24) is 0 Å². The SMILES string of the molecule is CCCCO[Si](c1ccccc1)(c1ccccc1)c1ccccc1. The maximum absolute atomic E-state index is 6.77. The summed E-state index contributed by atoms with van der Waals surface area (Å²) in [4.78, 5) is 0. The minimum Gasteiger partial charge on any atom is -0.404 e. The fraction of sp³-hybridized carbons (Fsp3) is 0.182. The van der Waals surface area contributed by atoms with Crippen molar-refractivity contribution < 1.29 is 4.43 Å². The summed E-state index contributed by atoms with van der Waals surface area (Å²) in [6.07, 6.45) is 2.23. The van der Waals surface area contributed by atoms with Gasteiger partial charge in [-0.05, 0) is 22.0 Å². The largest absolute Gasteiger partial charge is 0.404 e. The molecule has 0 aliphatic carbocycles. The molecule has 3 aromatic rings. The molecule has 0 fully saturated rings. The van der Waals surface area contributed by atoms with Gasteiger partial charge < -0.3 is 4.43 Å². The highest BCUT2D eigenvalue weighted by atomic mass is 28.4. The molecule has 0 saturated carbocycles. The minimum absolute atomic E-state index is 0.793. The third kappa shape index (κ3) is 3.35. The number of hydrogen-bond donors (Lipinski definition) is 0. The van der Waals surface area contributed by atoms with Crippen LogP contribution in [-0.4, -0.2) is 14.9 Å². The highest BCUT2D eigenvalue weighted by Crippen LogP contribution is 2.10. The fourth-order valence-electron chi connectivity index (χ4n) is 3.14. The average molecular weight is 333 g/mol. The molecule has 2 heteroatoms. The van der Waals surface area contributed by atoms with Gasteiger partial charge in [0.05, 0.1) is 0 Å². The quantitative estimate of drug-likeness (QED) is 0.366. The summed E-state index contributed by atoms with van der Waals surface area (Å²) in [6, 6.07) is 32.2. The molecular formula is C22H24OSi. The second-order valence-corrected chi connectivity index (χ2v) is 9.36. The van der Waals surface area contributed by atoms with Gasteiger partial charge in [-0.25, -0.2) is 0 Å². The molecule has 0 amide bonds. The lowest BCUT2D eigenvalue weighted by atomic mass is 10.3. The van der Waals surface area contributed by atoms with Crippen LogP contribution < -0.4 is 15.6 Å². The molecule has 0 aliphatic rings. The molecule has 0 bridgehead atoms. The number of rotatable bonds is 7. The van der Waals surface area contributed by atoms with E-state index in [2.05, 4.69) is 97.9 Å². The summed E-state index contributed by atoms with van der Waals surface area (Å²) in [7, 11) is -2.46. The normalized spacial score (nSPS) is 11.4. The van der Waals surface area contributed by atoms with E-state index >= 15 is 0 Å². The fourth-order valence-corrected chi connectivity index (χ4v) is 7.07. The molecule has 3 aromatic carbocycles. The molecule has 0 saturated heterocycles. The van der Waals surface area contributed by atoms with Gasteiger partial charge in [-0.3, -0.25) is 0 Å². The molecule has 0 radical (unpaired) electrons. The molecule has 0 N–H and O–H groups in total. The van der Waals surface area contributed by atoms with E-state index in [1.807, 2.05) is 0 Å². The summed E-state index contributed by atoms with van der Waals surface area (Å²) in [6.45, 7) is 3.00. The lowest BCUT2D eigenvalue weighted by Crippen LogP contribution is -2.69. The molecule has 0 aromatic heterocycles. The highest BCUT2D eigenvalue weighted by molar-refractivity contribution is 7.07. The van der Waals surface area contributed by atoms with Crippen LogP contribution >= 0.6 is 0 Å². The zero-order valence-corrected chi connectivity index (χ0v) is 15.2. The van der Waals surface area contributed by atoms with E-state index in [0.29, 0.717) is 0 Å². The second kappa shape index (κ2) is 8.09. The number of hydrogen-bond acceptors (Lipinski definition) is 1. The molecule has 24 heavy (non-hydrogen) atoms. The molecule has 0 aliphatic heterocycles. The summed E-state index contributed by atoms with van der Waals surface area (Å²) in [5.41, 5.74) is 0. The van der Waals surface area contributed by atoms with Gasteiger partial charge in [-0.1, -0.05) is 104 Å². The van der Waals surface area contributed by atoms with E-state index in [0.717, 1.165) is 19.4 Å². The molecule has 0 unspecified atom stereocenters. The monoisotopic (exact) mass is 332 g/mol. The van der Waals surface area contributed by atoms with Crippen LogP contribution in [0.15, 0.2) is 91.0 Å². The summed E-state index contributed by atoms with van der Waals surface area (Å²) >= 11 is 0. The lowest BCUT2D eigenvalue weighted by molar-refractivity contribution is 0.314. The highest BCUT2D eigenvalue weighted by Gasteiger charge is 2.41. The zero-order valence-electron chi connectivity index (χ0n) is 14.2. The van der Waals surface area contributed by atoms with E-state index < -0.39 is 8.32 Å². The third-order valence-electron chi connectivity index (χ3n) is 4.36. The van der Waals surface area contributed by atoms with Crippen molar-refractivity contribution in [3.63, 3.8) is 0 Å². The van der Waals surface area contributed by atoms with Crippen LogP contribution in [0, 0.1) is 0 Å². The van der Waals surface area contributed by atoms with Crippen LogP contribution in [0.2, 0.25) is 0 Å². The standard InChI is InChI=1S/C22H24OSi/c1-2-3-19-23-24(20-13-7-4-8-14-20,21-15-9-5-10-16-21)22-17-11-6-12-18-22/h4-18H,2-3,19H2,1H3. The summed E-state index contributed by atoms with van der Waals surface area (Å²) < 4.78 is 6.77. The first-order valence-electron chi connectivity index (χ1n) is 8.68. The van der Waals surface area contributed by atoms with E-state index in [-0.39, 0.29) is 0 Å². The average Bonchev–Trinajstić information content (AvgIpc) is 2.68. The Morgan fingerprint density at radius 1 is 0.625 bits per heavy atom. The number of benzene rings is 3. The van der Waals surface area contributed by atoms with Gasteiger partial charge in [0.2, 0.25) is 0 Å². The van der Waals surface area contributed by atoms with E-state index in [1.165, 1.54) is 15.6 Å². The first-order valence-corrected chi connectivity index (χ1v) is 10.6. The van der Waals surface area contributed by atoms with Crippen LogP contribution in [0.5, 0.6) is 0 Å². The first-order chi connectivity index (χ1) is 11.9. The zero-order chi connectivity index (χ0) is 16.7. The lowest BCUT2D eigenvalue weighted by Gasteiger charge is -2.33. The van der Waals surface area contributed by atoms with Crippen LogP contribution in [0.25, 0.3) is 0 Å². The van der Waals surface area contributed by atoms with Gasteiger partial charge in [-0.2, -0.15) is 0 Å². The van der Waals surface area contributed by atoms with Gasteiger partial charge in [0, 0.05) is 6.61 Å². The van der Waals surface area contributed by atoms with Crippen molar-refractivity contribution >= 4 is 23.9 Å². The van der Waals surface area contributed by atoms with Gasteiger partial charge in [0.25, 0.3) is 8.32 Å². The Balaban J connectivity index is 2.20. The topological polar surface area (TPSA) is 9.23 Å². The van der Waals surface area contributed by atoms with Crippen molar-refractivity contribution in [2.75, 3.05) is 6.61 Å². The van der Waals surface area contributed by atoms with Crippen molar-refractivity contribution in [2.45, 2.75) is 19.8 Å². The van der Waals surface area contributed by atoms with Gasteiger partial charge in [0.1, 0.15) is 0 Å². The van der Waals surface area contributed by atoms with Crippen molar-refractivity contribution in [3.05, 3.63) is 91.0 Å². The predicted octanol–water partition coefficient (Wildman–Crippen LogP) is 3.47. The van der Waals surface area contributed by atoms with Gasteiger partial charge in [-0.15, -0.1) is 0 Å². The third-order valence-corrected chi connectivity index (χ3v) is 8.43. The molecule has 1 nitrogen and oxygen atoms in total. The Labute approximate surface area is 146 Å². The Morgan fingerprint density at radius 2 is 1.00 bits per heavy atom. The first kappa shape index (κ1) is 16.7. The Hall–Kier alpha value is -2.16. The summed E-state index contributed by atoms with van der Waals surface area (Å²) in [5.74, 6) is 0. The second-order valence-electron chi connectivity index (χ2n) is 5.98. The Bertz CT molecular complexity index is 629. The van der Waals surface area contributed by atoms with Gasteiger partial charge >= 0.3 is 0 Å². The van der Waals surface area contributed by atoms with Gasteiger partial charge in [0.15, 0.2) is 0 Å². The van der Waals surface area contributed by atoms with Crippen molar-refractivity contribution in [3.8, 4) is 0 Å². The van der Waals surface area contributed by atoms with Crippen LogP contribution in [0.4, 0.5) is 0 Å². The van der Waals surface area contributed by atoms with Crippen LogP contribution in [-0.2, 0) is 4.43 Å². The molecule has 3 rings (SSSR count). The number of unbranched alkanes of at least 4 members (excludes halogenated alkanes) is 1. The predicted molar refractivity (Wildman–Crippen MR) is 105 cm³/mol. The van der Waals surface area contributed by atoms with Crippen molar-refractivity contribution in [2.24, 2.45) is 0 Å². The molecule has 0 heterocycles. The smallest absolute Gasteiger partial charge is 0.288 e. The van der Waals surface area contributed by atoms with Crippen LogP contribution in [0.1, 0.15) is 19.8 Å². The summed E-state index contributed by atoms with van der Waals surface area (Å²) in [5, 5.41) is 3.91. The maximum atomic E-state index is 6.77. The minimum atomic E-state index is -2.46. The van der Waals surface area contributed by atoms with Crippen molar-refractivity contribution in [1.29, 1.82) is 0 Å². The molecule has 122 valence electrons. The van der Waals surface area contributed by atoms with Crippen LogP contribution in [0.3, 0.4) is 0 Å². The molecule has 0 atom stereocenters. The van der Waals surface area contributed by atoms with E-state index in [1.54, 1.807) is 0 Å². The van der Waals surface area contributed by atoms with E-state index in [9.17, 15) is 0 Å². The Morgan fingerprint density at radius 3 is 1.33 bits per heavy atom.